The molecule has 7 heteroatoms. The van der Waals surface area contributed by atoms with Crippen LogP contribution in [0.15, 0.2) is 29.5 Å². The summed E-state index contributed by atoms with van der Waals surface area (Å²) in [4.78, 5) is 29.5. The Bertz CT molecular complexity index is 784. The van der Waals surface area contributed by atoms with E-state index in [1.165, 1.54) is 4.90 Å². The van der Waals surface area contributed by atoms with E-state index in [0.29, 0.717) is 31.0 Å². The molecule has 7 nitrogen and oxygen atoms in total. The van der Waals surface area contributed by atoms with Gasteiger partial charge in [-0.05, 0) is 31.9 Å². The van der Waals surface area contributed by atoms with Gasteiger partial charge in [0.25, 0.3) is 0 Å². The highest BCUT2D eigenvalue weighted by atomic mass is 16.5. The summed E-state index contributed by atoms with van der Waals surface area (Å²) >= 11 is 0. The quantitative estimate of drug-likeness (QED) is 0.784. The Kier molecular flexibility index (Phi) is 6.36. The molecule has 1 atom stereocenters. The lowest BCUT2D eigenvalue weighted by Gasteiger charge is -2.38. The van der Waals surface area contributed by atoms with Crippen LogP contribution < -0.4 is 5.32 Å². The Morgan fingerprint density at radius 3 is 2.68 bits per heavy atom. The van der Waals surface area contributed by atoms with E-state index in [-0.39, 0.29) is 18.6 Å². The van der Waals surface area contributed by atoms with E-state index in [0.717, 1.165) is 29.8 Å². The average Bonchev–Trinajstić information content (AvgIpc) is 2.68. The number of hydrogen-bond donors (Lipinski definition) is 1. The summed E-state index contributed by atoms with van der Waals surface area (Å²) in [6, 6.07) is 5.32. The van der Waals surface area contributed by atoms with Gasteiger partial charge in [-0.3, -0.25) is 9.80 Å². The summed E-state index contributed by atoms with van der Waals surface area (Å²) in [6.07, 6.45) is 0. The number of benzene rings is 1. The molecule has 3 rings (SSSR count). The maximum Gasteiger partial charge on any atom is 0.338 e. The minimum Gasteiger partial charge on any atom is -0.463 e. The van der Waals surface area contributed by atoms with Crippen LogP contribution in [0.25, 0.3) is 0 Å². The minimum absolute atomic E-state index is 0.220. The lowest BCUT2D eigenvalue weighted by atomic mass is 9.90. The molecule has 1 saturated heterocycles. The van der Waals surface area contributed by atoms with Crippen LogP contribution in [0.5, 0.6) is 0 Å². The SMILES string of the molecule is CCOC(=O)C1=C(CN2CCOCC2)N(C)C(=O)N[C@@H]1c1cc(C)ccc1C. The van der Waals surface area contributed by atoms with Crippen molar-refractivity contribution in [2.75, 3.05) is 46.5 Å². The zero-order valence-corrected chi connectivity index (χ0v) is 17.1. The molecule has 0 aromatic heterocycles. The van der Waals surface area contributed by atoms with E-state index in [9.17, 15) is 9.59 Å². The normalized spacial score (nSPS) is 20.9. The third-order valence-electron chi connectivity index (χ3n) is 5.30. The predicted octanol–water partition coefficient (Wildman–Crippen LogP) is 2.15. The number of amides is 2. The van der Waals surface area contributed by atoms with Crippen LogP contribution in [0.3, 0.4) is 0 Å². The zero-order chi connectivity index (χ0) is 20.3. The van der Waals surface area contributed by atoms with Gasteiger partial charge in [0.15, 0.2) is 0 Å². The number of likely N-dealkylation sites (N-methyl/N-ethyl adjacent to an activating group) is 1. The number of morpholine rings is 1. The van der Waals surface area contributed by atoms with Gasteiger partial charge in [0.05, 0.1) is 31.4 Å². The Labute approximate surface area is 166 Å². The topological polar surface area (TPSA) is 71.1 Å². The van der Waals surface area contributed by atoms with Crippen molar-refractivity contribution < 1.29 is 19.1 Å². The van der Waals surface area contributed by atoms with Gasteiger partial charge in [-0.15, -0.1) is 0 Å². The van der Waals surface area contributed by atoms with Gasteiger partial charge in [-0.2, -0.15) is 0 Å². The van der Waals surface area contributed by atoms with Crippen molar-refractivity contribution in [2.45, 2.75) is 26.8 Å². The molecule has 152 valence electrons. The van der Waals surface area contributed by atoms with Crippen LogP contribution in [-0.2, 0) is 14.3 Å². The van der Waals surface area contributed by atoms with E-state index in [1.807, 2.05) is 32.0 Å². The highest BCUT2D eigenvalue weighted by Crippen LogP contribution is 2.33. The molecule has 1 N–H and O–H groups in total. The number of urea groups is 1. The fraction of sp³-hybridized carbons (Fsp3) is 0.524. The molecular weight excluding hydrogens is 358 g/mol. The molecule has 2 aliphatic heterocycles. The number of nitrogens with one attached hydrogen (secondary N) is 1. The molecule has 0 aliphatic carbocycles. The van der Waals surface area contributed by atoms with E-state index in [1.54, 1.807) is 14.0 Å². The van der Waals surface area contributed by atoms with E-state index in [4.69, 9.17) is 9.47 Å². The molecular formula is C21H29N3O4. The molecule has 2 heterocycles. The standard InChI is InChI=1S/C21H29N3O4/c1-5-28-20(25)18-17(13-24-8-10-27-11-9-24)23(4)21(26)22-19(18)16-12-14(2)6-7-15(16)3/h6-7,12,19H,5,8-11,13H2,1-4H3,(H,22,26)/t19-/m1/s1. The fourth-order valence-electron chi connectivity index (χ4n) is 3.67. The minimum atomic E-state index is -0.529. The highest BCUT2D eigenvalue weighted by Gasteiger charge is 2.38. The first-order valence-corrected chi connectivity index (χ1v) is 9.74. The van der Waals surface area contributed by atoms with Crippen LogP contribution in [0, 0.1) is 13.8 Å². The van der Waals surface area contributed by atoms with Crippen molar-refractivity contribution in [3.05, 3.63) is 46.2 Å². The highest BCUT2D eigenvalue weighted by molar-refractivity contribution is 5.95. The van der Waals surface area contributed by atoms with Gasteiger partial charge in [0.2, 0.25) is 0 Å². The van der Waals surface area contributed by atoms with Crippen LogP contribution in [0.1, 0.15) is 29.7 Å². The van der Waals surface area contributed by atoms with Crippen molar-refractivity contribution >= 4 is 12.0 Å². The number of nitrogens with zero attached hydrogens (tertiary/aromatic N) is 2. The zero-order valence-electron chi connectivity index (χ0n) is 17.1. The number of hydrogen-bond acceptors (Lipinski definition) is 5. The molecule has 0 saturated carbocycles. The smallest absolute Gasteiger partial charge is 0.338 e. The van der Waals surface area contributed by atoms with Gasteiger partial charge < -0.3 is 14.8 Å². The summed E-state index contributed by atoms with van der Waals surface area (Å²) < 4.78 is 10.8. The van der Waals surface area contributed by atoms with Crippen molar-refractivity contribution in [3.8, 4) is 0 Å². The molecule has 0 radical (unpaired) electrons. The number of esters is 1. The molecule has 2 amide bonds. The number of ether oxygens (including phenoxy) is 2. The summed E-state index contributed by atoms with van der Waals surface area (Å²) in [5, 5.41) is 2.99. The Balaban J connectivity index is 2.09. The molecule has 0 spiro atoms. The molecule has 0 unspecified atom stereocenters. The van der Waals surface area contributed by atoms with E-state index < -0.39 is 6.04 Å². The molecule has 0 bridgehead atoms. The van der Waals surface area contributed by atoms with E-state index in [2.05, 4.69) is 10.2 Å². The number of aryl methyl sites for hydroxylation is 2. The van der Waals surface area contributed by atoms with Crippen molar-refractivity contribution in [1.82, 2.24) is 15.1 Å². The molecule has 28 heavy (non-hydrogen) atoms. The monoisotopic (exact) mass is 387 g/mol. The first-order chi connectivity index (χ1) is 13.4. The summed E-state index contributed by atoms with van der Waals surface area (Å²) in [7, 11) is 1.70. The Morgan fingerprint density at radius 2 is 2.00 bits per heavy atom. The van der Waals surface area contributed by atoms with E-state index >= 15 is 0 Å². The number of carbonyl (C=O) groups is 2. The first-order valence-electron chi connectivity index (χ1n) is 9.74. The number of rotatable bonds is 5. The van der Waals surface area contributed by atoms with Crippen molar-refractivity contribution in [2.24, 2.45) is 0 Å². The molecule has 1 aromatic rings. The lowest BCUT2D eigenvalue weighted by molar-refractivity contribution is -0.139. The molecule has 1 aromatic carbocycles. The largest absolute Gasteiger partial charge is 0.463 e. The van der Waals surface area contributed by atoms with Crippen molar-refractivity contribution in [1.29, 1.82) is 0 Å². The van der Waals surface area contributed by atoms with Gasteiger partial charge in [-0.1, -0.05) is 23.8 Å². The Hall–Kier alpha value is -2.38. The second-order valence-electron chi connectivity index (χ2n) is 7.27. The maximum atomic E-state index is 13.0. The third-order valence-corrected chi connectivity index (χ3v) is 5.30. The van der Waals surface area contributed by atoms with Crippen LogP contribution in [0.2, 0.25) is 0 Å². The van der Waals surface area contributed by atoms with Gasteiger partial charge in [-0.25, -0.2) is 9.59 Å². The van der Waals surface area contributed by atoms with Gasteiger partial charge in [0.1, 0.15) is 0 Å². The van der Waals surface area contributed by atoms with Crippen LogP contribution in [0.4, 0.5) is 4.79 Å². The average molecular weight is 387 g/mol. The van der Waals surface area contributed by atoms with Crippen molar-refractivity contribution in [3.63, 3.8) is 0 Å². The summed E-state index contributed by atoms with van der Waals surface area (Å²) in [6.45, 7) is 9.40. The summed E-state index contributed by atoms with van der Waals surface area (Å²) in [5.41, 5.74) is 4.21. The second kappa shape index (κ2) is 8.75. The maximum absolute atomic E-state index is 13.0. The lowest BCUT2D eigenvalue weighted by Crippen LogP contribution is -2.50. The van der Waals surface area contributed by atoms with Crippen LogP contribution >= 0.6 is 0 Å². The predicted molar refractivity (Wildman–Crippen MR) is 106 cm³/mol. The molecule has 1 fully saturated rings. The van der Waals surface area contributed by atoms with Gasteiger partial charge in [0, 0.05) is 32.4 Å². The third kappa shape index (κ3) is 4.20. The second-order valence-corrected chi connectivity index (χ2v) is 7.27. The Morgan fingerprint density at radius 1 is 1.29 bits per heavy atom. The summed E-state index contributed by atoms with van der Waals surface area (Å²) in [5.74, 6) is -0.386. The fourth-order valence-corrected chi connectivity index (χ4v) is 3.67. The van der Waals surface area contributed by atoms with Crippen LogP contribution in [-0.4, -0.2) is 68.3 Å². The first kappa shape index (κ1) is 20.4. The number of carbonyl (C=O) groups excluding carboxylic acids is 2. The molecule has 2 aliphatic rings. The van der Waals surface area contributed by atoms with Gasteiger partial charge >= 0.3 is 12.0 Å².